The third kappa shape index (κ3) is 3.30. The molecule has 6 nitrogen and oxygen atoms in total. The van der Waals surface area contributed by atoms with Crippen molar-refractivity contribution in [1.82, 2.24) is 5.32 Å². The van der Waals surface area contributed by atoms with Crippen molar-refractivity contribution in [3.8, 4) is 0 Å². The van der Waals surface area contributed by atoms with Crippen LogP contribution in [0.2, 0.25) is 0 Å². The number of fused-ring (bicyclic) bond motifs is 1. The van der Waals surface area contributed by atoms with Gasteiger partial charge in [0.05, 0.1) is 6.61 Å². The van der Waals surface area contributed by atoms with Crippen molar-refractivity contribution >= 4 is 5.91 Å². The zero-order valence-electron chi connectivity index (χ0n) is 12.9. The van der Waals surface area contributed by atoms with Crippen LogP contribution in [-0.4, -0.2) is 36.4 Å². The fourth-order valence-corrected chi connectivity index (χ4v) is 2.76. The minimum Gasteiger partial charge on any atom is -0.345 e. The Balaban J connectivity index is 1.67. The summed E-state index contributed by atoms with van der Waals surface area (Å²) in [5.41, 5.74) is 1.05. The first kappa shape index (κ1) is 15.4. The van der Waals surface area contributed by atoms with Gasteiger partial charge in [-0.1, -0.05) is 30.3 Å². The molecular formula is C16H21NO5. The maximum absolute atomic E-state index is 11.3. The molecule has 1 amide bonds. The minimum absolute atomic E-state index is 0.180. The summed E-state index contributed by atoms with van der Waals surface area (Å²) in [6, 6.07) is 9.82. The van der Waals surface area contributed by atoms with Gasteiger partial charge in [-0.3, -0.25) is 4.79 Å². The van der Waals surface area contributed by atoms with Crippen LogP contribution in [0.3, 0.4) is 0 Å². The van der Waals surface area contributed by atoms with Crippen molar-refractivity contribution < 1.29 is 23.7 Å². The fraction of sp³-hybridized carbons (Fsp3) is 0.562. The van der Waals surface area contributed by atoms with E-state index in [2.05, 4.69) is 5.32 Å². The second-order valence-electron chi connectivity index (χ2n) is 5.99. The SMILES string of the molecule is CC(=O)N[C@@H]1O[C@@H](OCc2ccccc2)[C@@H]2OC(C)(C)O[C@@H]21. The van der Waals surface area contributed by atoms with Gasteiger partial charge in [0.2, 0.25) is 5.91 Å². The lowest BCUT2D eigenvalue weighted by molar-refractivity contribution is -0.239. The Labute approximate surface area is 129 Å². The quantitative estimate of drug-likeness (QED) is 0.914. The molecule has 1 aromatic rings. The van der Waals surface area contributed by atoms with E-state index in [1.54, 1.807) is 0 Å². The van der Waals surface area contributed by atoms with Crippen LogP contribution >= 0.6 is 0 Å². The molecule has 120 valence electrons. The first-order valence-electron chi connectivity index (χ1n) is 7.38. The molecule has 2 fully saturated rings. The van der Waals surface area contributed by atoms with Crippen LogP contribution in [-0.2, 0) is 30.3 Å². The van der Waals surface area contributed by atoms with E-state index in [-0.39, 0.29) is 18.1 Å². The van der Waals surface area contributed by atoms with E-state index in [0.717, 1.165) is 5.56 Å². The summed E-state index contributed by atoms with van der Waals surface area (Å²) in [7, 11) is 0. The number of amides is 1. The second kappa shape index (κ2) is 5.96. The highest BCUT2D eigenvalue weighted by atomic mass is 16.8. The lowest BCUT2D eigenvalue weighted by Crippen LogP contribution is -2.42. The molecule has 0 bridgehead atoms. The lowest BCUT2D eigenvalue weighted by Gasteiger charge is -2.24. The maximum Gasteiger partial charge on any atom is 0.218 e. The van der Waals surface area contributed by atoms with E-state index in [1.165, 1.54) is 6.92 Å². The molecular weight excluding hydrogens is 286 g/mol. The first-order valence-corrected chi connectivity index (χ1v) is 7.38. The predicted octanol–water partition coefficient (Wildman–Crippen LogP) is 1.54. The Kier molecular flexibility index (Phi) is 4.18. The monoisotopic (exact) mass is 307 g/mol. The number of hydrogen-bond acceptors (Lipinski definition) is 5. The molecule has 0 aromatic heterocycles. The summed E-state index contributed by atoms with van der Waals surface area (Å²) >= 11 is 0. The highest BCUT2D eigenvalue weighted by Gasteiger charge is 2.56. The Hall–Kier alpha value is -1.47. The van der Waals surface area contributed by atoms with Crippen LogP contribution in [0.1, 0.15) is 26.3 Å². The third-order valence-electron chi connectivity index (χ3n) is 3.61. The minimum atomic E-state index is -0.718. The number of nitrogens with one attached hydrogen (secondary N) is 1. The average Bonchev–Trinajstić information content (AvgIpc) is 2.92. The molecule has 0 spiro atoms. The first-order chi connectivity index (χ1) is 10.4. The summed E-state index contributed by atoms with van der Waals surface area (Å²) in [5, 5.41) is 2.73. The summed E-state index contributed by atoms with van der Waals surface area (Å²) in [6.07, 6.45) is -1.89. The molecule has 0 saturated carbocycles. The Morgan fingerprint density at radius 1 is 1.23 bits per heavy atom. The topological polar surface area (TPSA) is 66.0 Å². The smallest absolute Gasteiger partial charge is 0.218 e. The van der Waals surface area contributed by atoms with Gasteiger partial charge >= 0.3 is 0 Å². The van der Waals surface area contributed by atoms with Crippen molar-refractivity contribution in [3.05, 3.63) is 35.9 Å². The molecule has 6 heteroatoms. The number of hydrogen-bond donors (Lipinski definition) is 1. The van der Waals surface area contributed by atoms with Gasteiger partial charge in [-0.25, -0.2) is 0 Å². The molecule has 0 aliphatic carbocycles. The molecule has 2 aliphatic rings. The van der Waals surface area contributed by atoms with E-state index < -0.39 is 18.3 Å². The summed E-state index contributed by atoms with van der Waals surface area (Å²) in [6.45, 7) is 5.53. The number of rotatable bonds is 4. The van der Waals surface area contributed by atoms with E-state index >= 15 is 0 Å². The molecule has 0 unspecified atom stereocenters. The molecule has 2 aliphatic heterocycles. The standard InChI is InChI=1S/C16H21NO5/c1-10(18)17-14-12-13(22-16(2,3)21-12)15(20-14)19-9-11-7-5-4-6-8-11/h4-8,12-15H,9H2,1-3H3,(H,17,18)/t12-,13+,14+,15+/m0/s1. The molecule has 2 heterocycles. The Morgan fingerprint density at radius 3 is 2.59 bits per heavy atom. The number of carbonyl (C=O) groups is 1. The van der Waals surface area contributed by atoms with Gasteiger partial charge in [0.25, 0.3) is 0 Å². The van der Waals surface area contributed by atoms with Crippen molar-refractivity contribution in [2.24, 2.45) is 0 Å². The van der Waals surface area contributed by atoms with Crippen LogP contribution in [0.4, 0.5) is 0 Å². The zero-order valence-corrected chi connectivity index (χ0v) is 12.9. The van der Waals surface area contributed by atoms with Gasteiger partial charge in [-0.05, 0) is 19.4 Å². The molecule has 22 heavy (non-hydrogen) atoms. The van der Waals surface area contributed by atoms with E-state index in [1.807, 2.05) is 44.2 Å². The molecule has 3 rings (SSSR count). The van der Waals surface area contributed by atoms with E-state index in [9.17, 15) is 4.79 Å². The molecule has 0 radical (unpaired) electrons. The highest BCUT2D eigenvalue weighted by molar-refractivity contribution is 5.73. The van der Waals surface area contributed by atoms with Gasteiger partial charge in [-0.15, -0.1) is 0 Å². The molecule has 2 saturated heterocycles. The van der Waals surface area contributed by atoms with Gasteiger partial charge in [0, 0.05) is 6.92 Å². The third-order valence-corrected chi connectivity index (χ3v) is 3.61. The number of benzene rings is 1. The van der Waals surface area contributed by atoms with Gasteiger partial charge in [0.15, 0.2) is 18.3 Å². The summed E-state index contributed by atoms with van der Waals surface area (Å²) in [4.78, 5) is 11.3. The Morgan fingerprint density at radius 2 is 1.91 bits per heavy atom. The highest BCUT2D eigenvalue weighted by Crippen LogP contribution is 2.38. The van der Waals surface area contributed by atoms with Crippen LogP contribution in [0, 0.1) is 0 Å². The van der Waals surface area contributed by atoms with Crippen molar-refractivity contribution in [2.75, 3.05) is 0 Å². The number of ether oxygens (including phenoxy) is 4. The molecule has 1 aromatic carbocycles. The predicted molar refractivity (Wildman–Crippen MR) is 77.5 cm³/mol. The van der Waals surface area contributed by atoms with E-state index in [0.29, 0.717) is 6.61 Å². The van der Waals surface area contributed by atoms with Crippen LogP contribution in [0.25, 0.3) is 0 Å². The normalized spacial score (nSPS) is 32.7. The van der Waals surface area contributed by atoms with Gasteiger partial charge in [-0.2, -0.15) is 0 Å². The fourth-order valence-electron chi connectivity index (χ4n) is 2.76. The molecule has 1 N–H and O–H groups in total. The Bertz CT molecular complexity index is 533. The summed E-state index contributed by atoms with van der Waals surface area (Å²) in [5.74, 6) is -0.898. The van der Waals surface area contributed by atoms with E-state index in [4.69, 9.17) is 18.9 Å². The maximum atomic E-state index is 11.3. The van der Waals surface area contributed by atoms with Crippen LogP contribution in [0.15, 0.2) is 30.3 Å². The second-order valence-corrected chi connectivity index (χ2v) is 5.99. The van der Waals surface area contributed by atoms with Crippen LogP contribution < -0.4 is 5.32 Å². The zero-order chi connectivity index (χ0) is 15.7. The molecule has 4 atom stereocenters. The van der Waals surface area contributed by atoms with Gasteiger partial charge in [0.1, 0.15) is 12.2 Å². The van der Waals surface area contributed by atoms with Crippen molar-refractivity contribution in [3.63, 3.8) is 0 Å². The van der Waals surface area contributed by atoms with Crippen LogP contribution in [0.5, 0.6) is 0 Å². The largest absolute Gasteiger partial charge is 0.345 e. The number of carbonyl (C=O) groups excluding carboxylic acids is 1. The van der Waals surface area contributed by atoms with Crippen molar-refractivity contribution in [1.29, 1.82) is 0 Å². The van der Waals surface area contributed by atoms with Gasteiger partial charge < -0.3 is 24.3 Å². The average molecular weight is 307 g/mol. The summed E-state index contributed by atoms with van der Waals surface area (Å²) < 4.78 is 23.3. The van der Waals surface area contributed by atoms with Crippen molar-refractivity contribution in [2.45, 2.75) is 57.9 Å². The lowest BCUT2D eigenvalue weighted by atomic mass is 10.2.